The lowest BCUT2D eigenvalue weighted by Crippen LogP contribution is -2.40. The number of fused-ring (bicyclic) bond motifs is 1. The fraction of sp³-hybridized carbons (Fsp3) is 0.773. The van der Waals surface area contributed by atoms with Crippen molar-refractivity contribution in [2.24, 2.45) is 5.92 Å². The summed E-state index contributed by atoms with van der Waals surface area (Å²) in [7, 11) is -1.88. The highest BCUT2D eigenvalue weighted by molar-refractivity contribution is 6.74. The molecule has 0 bridgehead atoms. The van der Waals surface area contributed by atoms with Crippen molar-refractivity contribution in [2.45, 2.75) is 97.7 Å². The molecule has 0 spiro atoms. The summed E-state index contributed by atoms with van der Waals surface area (Å²) in [4.78, 5) is 14.2. The van der Waals surface area contributed by atoms with Gasteiger partial charge < -0.3 is 9.16 Å². The van der Waals surface area contributed by atoms with E-state index in [1.165, 1.54) is 0 Å². The summed E-state index contributed by atoms with van der Waals surface area (Å²) in [6.07, 6.45) is 6.95. The molecule has 1 unspecified atom stereocenters. The second kappa shape index (κ2) is 8.82. The Kier molecular flexibility index (Phi) is 6.80. The lowest BCUT2D eigenvalue weighted by molar-refractivity contribution is -0.0327. The Morgan fingerprint density at radius 2 is 2.00 bits per heavy atom. The fourth-order valence-electron chi connectivity index (χ4n) is 3.40. The molecule has 2 aromatic heterocycles. The van der Waals surface area contributed by atoms with Gasteiger partial charge in [0.05, 0.1) is 12.3 Å². The third-order valence-corrected chi connectivity index (χ3v) is 10.9. The van der Waals surface area contributed by atoms with E-state index in [0.717, 1.165) is 61.4 Å². The quantitative estimate of drug-likeness (QED) is 0.545. The molecular weight excluding hydrogens is 380 g/mol. The van der Waals surface area contributed by atoms with E-state index in [0.29, 0.717) is 12.5 Å². The van der Waals surface area contributed by atoms with Crippen LogP contribution in [0.2, 0.25) is 18.1 Å². The van der Waals surface area contributed by atoms with Gasteiger partial charge in [0.15, 0.2) is 14.0 Å². The molecule has 6 nitrogen and oxygen atoms in total. The van der Waals surface area contributed by atoms with Crippen LogP contribution in [0, 0.1) is 5.92 Å². The number of ether oxygens (including phenoxy) is 1. The lowest BCUT2D eigenvalue weighted by atomic mass is 10.1. The molecule has 1 saturated heterocycles. The van der Waals surface area contributed by atoms with Gasteiger partial charge in [0.25, 0.3) is 0 Å². The molecule has 1 aliphatic heterocycles. The minimum absolute atomic E-state index is 0.0142. The van der Waals surface area contributed by atoms with Crippen LogP contribution in [0.15, 0.2) is 6.33 Å². The highest BCUT2D eigenvalue weighted by Gasteiger charge is 2.38. The number of hydrogen-bond acceptors (Lipinski definition) is 5. The van der Waals surface area contributed by atoms with Crippen molar-refractivity contribution < 1.29 is 9.16 Å². The molecule has 7 heteroatoms. The van der Waals surface area contributed by atoms with Crippen LogP contribution in [0.1, 0.15) is 78.0 Å². The summed E-state index contributed by atoms with van der Waals surface area (Å²) >= 11 is 0. The summed E-state index contributed by atoms with van der Waals surface area (Å²) in [5, 5.41) is 0.160. The van der Waals surface area contributed by atoms with Crippen molar-refractivity contribution >= 4 is 19.5 Å². The number of aryl methyl sites for hydroxylation is 1. The van der Waals surface area contributed by atoms with E-state index in [1.807, 2.05) is 0 Å². The third kappa shape index (κ3) is 5.06. The number of rotatable bonds is 7. The van der Waals surface area contributed by atoms with Crippen LogP contribution < -0.4 is 0 Å². The fourth-order valence-corrected chi connectivity index (χ4v) is 4.33. The lowest BCUT2D eigenvalue weighted by Gasteiger charge is -2.36. The van der Waals surface area contributed by atoms with Gasteiger partial charge in [0.2, 0.25) is 0 Å². The van der Waals surface area contributed by atoms with Gasteiger partial charge in [0.1, 0.15) is 23.9 Å². The molecule has 0 aromatic carbocycles. The smallest absolute Gasteiger partial charge is 0.192 e. The molecule has 0 amide bonds. The predicted octanol–water partition coefficient (Wildman–Crippen LogP) is 5.64. The van der Waals surface area contributed by atoms with Gasteiger partial charge in [0, 0.05) is 6.61 Å². The van der Waals surface area contributed by atoms with E-state index in [2.05, 4.69) is 62.2 Å². The van der Waals surface area contributed by atoms with Crippen molar-refractivity contribution in [1.29, 1.82) is 0 Å². The molecule has 0 radical (unpaired) electrons. The molecule has 3 rings (SSSR count). The average molecular weight is 419 g/mol. The van der Waals surface area contributed by atoms with Crippen molar-refractivity contribution in [2.75, 3.05) is 6.61 Å². The second-order valence-electron chi connectivity index (χ2n) is 10.2. The van der Waals surface area contributed by atoms with Gasteiger partial charge in [-0.25, -0.2) is 15.0 Å². The number of nitrogens with zero attached hydrogens (tertiary/aromatic N) is 4. The molecule has 0 saturated carbocycles. The van der Waals surface area contributed by atoms with Crippen LogP contribution >= 0.6 is 0 Å². The van der Waals surface area contributed by atoms with E-state index in [4.69, 9.17) is 14.1 Å². The standard InChI is InChI=1S/C22H38N4O2Si/c1-16(2)11-12-17-20-21(24-15-23-17)26(19-10-8-9-13-27-19)18(25-20)14-28-29(6,7)22(3,4)5/h15-16,19H,8-14H2,1-7H3. The summed E-state index contributed by atoms with van der Waals surface area (Å²) in [5.41, 5.74) is 2.84. The molecular formula is C22H38N4O2Si. The highest BCUT2D eigenvalue weighted by Crippen LogP contribution is 2.37. The van der Waals surface area contributed by atoms with Crippen molar-refractivity contribution in [3.63, 3.8) is 0 Å². The first kappa shape index (κ1) is 22.4. The van der Waals surface area contributed by atoms with Crippen molar-refractivity contribution in [3.8, 4) is 0 Å². The third-order valence-electron chi connectivity index (χ3n) is 6.40. The Balaban J connectivity index is 1.98. The van der Waals surface area contributed by atoms with Gasteiger partial charge >= 0.3 is 0 Å². The van der Waals surface area contributed by atoms with Gasteiger partial charge in [-0.15, -0.1) is 0 Å². The van der Waals surface area contributed by atoms with Crippen LogP contribution in [-0.4, -0.2) is 34.4 Å². The Bertz CT molecular complexity index is 820. The maximum Gasteiger partial charge on any atom is 0.192 e. The van der Waals surface area contributed by atoms with Crippen molar-refractivity contribution in [1.82, 2.24) is 19.5 Å². The first-order valence-electron chi connectivity index (χ1n) is 11.1. The Morgan fingerprint density at radius 1 is 1.24 bits per heavy atom. The second-order valence-corrected chi connectivity index (χ2v) is 15.0. The van der Waals surface area contributed by atoms with Crippen LogP contribution in [-0.2, 0) is 22.2 Å². The normalized spacial score (nSPS) is 18.7. The molecule has 1 atom stereocenters. The SMILES string of the molecule is CC(C)CCc1ncnc2c1nc(CO[Si](C)(C)C(C)(C)C)n2C1CCCCO1. The zero-order valence-electron chi connectivity index (χ0n) is 19.3. The monoisotopic (exact) mass is 418 g/mol. The number of aromatic nitrogens is 4. The van der Waals surface area contributed by atoms with Gasteiger partial charge in [-0.1, -0.05) is 34.6 Å². The number of hydrogen-bond donors (Lipinski definition) is 0. The molecule has 0 aliphatic carbocycles. The topological polar surface area (TPSA) is 62.1 Å². The number of imidazole rings is 1. The van der Waals surface area contributed by atoms with Crippen molar-refractivity contribution in [3.05, 3.63) is 17.8 Å². The van der Waals surface area contributed by atoms with E-state index in [9.17, 15) is 0 Å². The van der Waals surface area contributed by atoms with Crippen LogP contribution in [0.3, 0.4) is 0 Å². The minimum atomic E-state index is -1.88. The molecule has 0 N–H and O–H groups in total. The zero-order valence-corrected chi connectivity index (χ0v) is 20.3. The van der Waals surface area contributed by atoms with E-state index >= 15 is 0 Å². The molecule has 1 aliphatic rings. The van der Waals surface area contributed by atoms with Gasteiger partial charge in [-0.2, -0.15) is 0 Å². The largest absolute Gasteiger partial charge is 0.409 e. The summed E-state index contributed by atoms with van der Waals surface area (Å²) in [5.74, 6) is 1.55. The summed E-state index contributed by atoms with van der Waals surface area (Å²) < 4.78 is 14.8. The maximum absolute atomic E-state index is 6.53. The zero-order chi connectivity index (χ0) is 21.2. The van der Waals surface area contributed by atoms with E-state index in [1.54, 1.807) is 6.33 Å². The average Bonchev–Trinajstić information content (AvgIpc) is 3.03. The first-order valence-corrected chi connectivity index (χ1v) is 14.0. The Hall–Kier alpha value is -1.31. The summed E-state index contributed by atoms with van der Waals surface area (Å²) in [6.45, 7) is 17.1. The molecule has 2 aromatic rings. The highest BCUT2D eigenvalue weighted by atomic mass is 28.4. The first-order chi connectivity index (χ1) is 13.6. The van der Waals surface area contributed by atoms with Gasteiger partial charge in [-0.05, 0) is 56.2 Å². The van der Waals surface area contributed by atoms with E-state index in [-0.39, 0.29) is 11.3 Å². The van der Waals surface area contributed by atoms with Crippen LogP contribution in [0.5, 0.6) is 0 Å². The molecule has 162 valence electrons. The Labute approximate surface area is 176 Å². The van der Waals surface area contributed by atoms with Crippen LogP contribution in [0.4, 0.5) is 0 Å². The predicted molar refractivity (Wildman–Crippen MR) is 119 cm³/mol. The maximum atomic E-state index is 6.53. The van der Waals surface area contributed by atoms with Gasteiger partial charge in [-0.3, -0.25) is 4.57 Å². The van der Waals surface area contributed by atoms with Crippen LogP contribution in [0.25, 0.3) is 11.2 Å². The Morgan fingerprint density at radius 3 is 2.62 bits per heavy atom. The van der Waals surface area contributed by atoms with E-state index < -0.39 is 8.32 Å². The minimum Gasteiger partial charge on any atom is -0.409 e. The molecule has 29 heavy (non-hydrogen) atoms. The molecule has 1 fully saturated rings. The molecule has 3 heterocycles. The summed E-state index contributed by atoms with van der Waals surface area (Å²) in [6, 6.07) is 0.